The molecule has 0 aromatic carbocycles. The third-order valence-corrected chi connectivity index (χ3v) is 7.53. The molecular formula is C20H36. The topological polar surface area (TPSA) is 0 Å². The van der Waals surface area contributed by atoms with E-state index < -0.39 is 0 Å². The van der Waals surface area contributed by atoms with Gasteiger partial charge >= 0.3 is 0 Å². The second-order valence-electron chi connectivity index (χ2n) is 8.00. The Morgan fingerprint density at radius 1 is 0.650 bits per heavy atom. The van der Waals surface area contributed by atoms with Gasteiger partial charge in [0.25, 0.3) is 0 Å². The first kappa shape index (κ1) is 16.1. The monoisotopic (exact) mass is 276 g/mol. The molecule has 6 atom stereocenters. The maximum Gasteiger partial charge on any atom is -0.0194 e. The van der Waals surface area contributed by atoms with Crippen LogP contribution >= 0.6 is 0 Å². The van der Waals surface area contributed by atoms with Crippen LogP contribution in [-0.2, 0) is 0 Å². The summed E-state index contributed by atoms with van der Waals surface area (Å²) in [6.07, 6.45) is 8.13. The van der Waals surface area contributed by atoms with Crippen molar-refractivity contribution in [1.29, 1.82) is 0 Å². The van der Waals surface area contributed by atoms with Crippen LogP contribution < -0.4 is 0 Å². The molecule has 0 aromatic heterocycles. The molecule has 0 saturated heterocycles. The van der Waals surface area contributed by atoms with Crippen LogP contribution in [0.15, 0.2) is 12.2 Å². The first-order valence-corrected chi connectivity index (χ1v) is 9.13. The standard InChI is InChI=1S/C16H24.2C2H6/c1-15(2)11-8-12(16(15,3)4)14-10-6-5-9(7-10)13(11)14;2*1-2/h5-6,9-14H,7-8H2,1-4H3;2*1-2H3. The summed E-state index contributed by atoms with van der Waals surface area (Å²) >= 11 is 0. The zero-order chi connectivity index (χ0) is 15.3. The number of fused-ring (bicyclic) bond motifs is 9. The first-order chi connectivity index (χ1) is 9.44. The fourth-order valence-electron chi connectivity index (χ4n) is 6.13. The highest BCUT2D eigenvalue weighted by molar-refractivity contribution is 5.25. The molecular weight excluding hydrogens is 240 g/mol. The summed E-state index contributed by atoms with van der Waals surface area (Å²) in [5.41, 5.74) is 1.13. The second kappa shape index (κ2) is 5.18. The Hall–Kier alpha value is -0.260. The lowest BCUT2D eigenvalue weighted by Gasteiger charge is -2.52. The largest absolute Gasteiger partial charge is 0.0848 e. The van der Waals surface area contributed by atoms with Crippen LogP contribution in [0.5, 0.6) is 0 Å². The molecule has 6 unspecified atom stereocenters. The van der Waals surface area contributed by atoms with Gasteiger partial charge in [0.05, 0.1) is 0 Å². The number of rotatable bonds is 0. The molecule has 4 aliphatic carbocycles. The third-order valence-electron chi connectivity index (χ3n) is 7.53. The summed E-state index contributed by atoms with van der Waals surface area (Å²) in [6.45, 7) is 18.2. The van der Waals surface area contributed by atoms with Crippen molar-refractivity contribution in [3.63, 3.8) is 0 Å². The Labute approximate surface area is 127 Å². The van der Waals surface area contributed by atoms with Crippen LogP contribution in [-0.4, -0.2) is 0 Å². The van der Waals surface area contributed by atoms with Gasteiger partial charge in [0, 0.05) is 0 Å². The minimum Gasteiger partial charge on any atom is -0.0848 e. The SMILES string of the molecule is CC.CC.CC1(C)C2CC(C3C4C=CC(C4)C32)C1(C)C. The van der Waals surface area contributed by atoms with Gasteiger partial charge in [0.2, 0.25) is 0 Å². The van der Waals surface area contributed by atoms with Crippen molar-refractivity contribution < 1.29 is 0 Å². The van der Waals surface area contributed by atoms with E-state index in [1.807, 2.05) is 27.7 Å². The molecule has 116 valence electrons. The second-order valence-corrected chi connectivity index (χ2v) is 8.00. The summed E-state index contributed by atoms with van der Waals surface area (Å²) in [6, 6.07) is 0. The maximum absolute atomic E-state index is 2.55. The number of hydrogen-bond acceptors (Lipinski definition) is 0. The average molecular weight is 277 g/mol. The Morgan fingerprint density at radius 2 is 1.00 bits per heavy atom. The minimum absolute atomic E-state index is 0.567. The van der Waals surface area contributed by atoms with Gasteiger partial charge in [-0.15, -0.1) is 0 Å². The molecule has 0 spiro atoms. The van der Waals surface area contributed by atoms with Gasteiger partial charge in [-0.05, 0) is 59.2 Å². The van der Waals surface area contributed by atoms with Crippen LogP contribution in [0.2, 0.25) is 0 Å². The fraction of sp³-hybridized carbons (Fsp3) is 0.900. The quantitative estimate of drug-likeness (QED) is 0.366. The predicted molar refractivity (Wildman–Crippen MR) is 89.6 cm³/mol. The number of hydrogen-bond donors (Lipinski definition) is 0. The smallest absolute Gasteiger partial charge is 0.0194 e. The van der Waals surface area contributed by atoms with Crippen LogP contribution in [0.25, 0.3) is 0 Å². The normalized spacial score (nSPS) is 47.2. The summed E-state index contributed by atoms with van der Waals surface area (Å²) in [5, 5.41) is 0. The van der Waals surface area contributed by atoms with Gasteiger partial charge in [-0.2, -0.15) is 0 Å². The molecule has 4 aliphatic rings. The molecule has 0 radical (unpaired) electrons. The molecule has 4 bridgehead atoms. The highest BCUT2D eigenvalue weighted by Gasteiger charge is 2.69. The summed E-state index contributed by atoms with van der Waals surface area (Å²) in [4.78, 5) is 0. The lowest BCUT2D eigenvalue weighted by atomic mass is 9.52. The van der Waals surface area contributed by atoms with Crippen molar-refractivity contribution in [2.75, 3.05) is 0 Å². The Balaban J connectivity index is 0.000000340. The van der Waals surface area contributed by atoms with Crippen molar-refractivity contribution in [2.24, 2.45) is 46.3 Å². The molecule has 0 aliphatic heterocycles. The zero-order valence-electron chi connectivity index (χ0n) is 15.0. The molecule has 0 amide bonds. The molecule has 4 rings (SSSR count). The van der Waals surface area contributed by atoms with E-state index >= 15 is 0 Å². The van der Waals surface area contributed by atoms with Crippen molar-refractivity contribution in [1.82, 2.24) is 0 Å². The zero-order valence-corrected chi connectivity index (χ0v) is 15.0. The van der Waals surface area contributed by atoms with Gasteiger partial charge in [-0.25, -0.2) is 0 Å². The van der Waals surface area contributed by atoms with Crippen LogP contribution in [0, 0.1) is 46.3 Å². The van der Waals surface area contributed by atoms with Gasteiger partial charge in [-0.3, -0.25) is 0 Å². The Bertz CT molecular complexity index is 339. The molecule has 0 aromatic rings. The van der Waals surface area contributed by atoms with Crippen LogP contribution in [0.1, 0.15) is 68.2 Å². The maximum atomic E-state index is 2.55. The van der Waals surface area contributed by atoms with Gasteiger partial charge in [0.1, 0.15) is 0 Å². The van der Waals surface area contributed by atoms with E-state index in [1.54, 1.807) is 0 Å². The Morgan fingerprint density at radius 3 is 1.35 bits per heavy atom. The molecule has 3 fully saturated rings. The fourth-order valence-corrected chi connectivity index (χ4v) is 6.13. The molecule has 0 N–H and O–H groups in total. The summed E-state index contributed by atoms with van der Waals surface area (Å²) < 4.78 is 0. The number of allylic oxidation sites excluding steroid dienone is 2. The average Bonchev–Trinajstić information content (AvgIpc) is 3.16. The predicted octanol–water partition coefficient (Wildman–Crippen LogP) is 6.18. The van der Waals surface area contributed by atoms with Crippen LogP contribution in [0.4, 0.5) is 0 Å². The highest BCUT2D eigenvalue weighted by Crippen LogP contribution is 2.75. The van der Waals surface area contributed by atoms with E-state index in [1.165, 1.54) is 12.8 Å². The van der Waals surface area contributed by atoms with E-state index in [0.29, 0.717) is 10.8 Å². The van der Waals surface area contributed by atoms with Gasteiger partial charge in [-0.1, -0.05) is 67.5 Å². The van der Waals surface area contributed by atoms with E-state index in [2.05, 4.69) is 39.8 Å². The van der Waals surface area contributed by atoms with Gasteiger partial charge in [0.15, 0.2) is 0 Å². The Kier molecular flexibility index (Phi) is 4.17. The van der Waals surface area contributed by atoms with E-state index in [-0.39, 0.29) is 0 Å². The lowest BCUT2D eigenvalue weighted by Crippen LogP contribution is -2.47. The molecule has 20 heavy (non-hydrogen) atoms. The van der Waals surface area contributed by atoms with E-state index in [4.69, 9.17) is 0 Å². The molecule has 0 nitrogen and oxygen atoms in total. The molecule has 3 saturated carbocycles. The van der Waals surface area contributed by atoms with Crippen molar-refractivity contribution >= 4 is 0 Å². The lowest BCUT2D eigenvalue weighted by molar-refractivity contribution is -0.0349. The highest BCUT2D eigenvalue weighted by atomic mass is 14.7. The first-order valence-electron chi connectivity index (χ1n) is 9.13. The van der Waals surface area contributed by atoms with E-state index in [9.17, 15) is 0 Å². The third kappa shape index (κ3) is 1.72. The van der Waals surface area contributed by atoms with E-state index in [0.717, 1.165) is 35.5 Å². The summed E-state index contributed by atoms with van der Waals surface area (Å²) in [5.74, 6) is 6.06. The van der Waals surface area contributed by atoms with Crippen molar-refractivity contribution in [3.05, 3.63) is 12.2 Å². The molecule has 0 heterocycles. The minimum atomic E-state index is 0.567. The molecule has 0 heteroatoms. The summed E-state index contributed by atoms with van der Waals surface area (Å²) in [7, 11) is 0. The van der Waals surface area contributed by atoms with Crippen LogP contribution in [0.3, 0.4) is 0 Å². The van der Waals surface area contributed by atoms with Gasteiger partial charge < -0.3 is 0 Å². The van der Waals surface area contributed by atoms with Crippen molar-refractivity contribution in [2.45, 2.75) is 68.2 Å². The van der Waals surface area contributed by atoms with Crippen molar-refractivity contribution in [3.8, 4) is 0 Å².